The number of anilines is 1. The van der Waals surface area contributed by atoms with Crippen LogP contribution in [0.15, 0.2) is 28.9 Å². The van der Waals surface area contributed by atoms with Gasteiger partial charge in [-0.1, -0.05) is 24.4 Å². The molecule has 0 saturated carbocycles. The van der Waals surface area contributed by atoms with E-state index in [1.54, 1.807) is 6.26 Å². The maximum absolute atomic E-state index is 5.33. The molecule has 3 nitrogen and oxygen atoms in total. The summed E-state index contributed by atoms with van der Waals surface area (Å²) < 4.78 is 6.54. The molecule has 0 aliphatic heterocycles. The van der Waals surface area contributed by atoms with Crippen molar-refractivity contribution >= 4 is 27.2 Å². The summed E-state index contributed by atoms with van der Waals surface area (Å²) in [5, 5.41) is 3.40. The van der Waals surface area contributed by atoms with E-state index in [0.29, 0.717) is 6.54 Å². The van der Waals surface area contributed by atoms with Crippen molar-refractivity contribution in [2.45, 2.75) is 26.8 Å². The van der Waals surface area contributed by atoms with Crippen molar-refractivity contribution < 1.29 is 35.5 Å². The molecule has 0 unspecified atom stereocenters. The number of pyridine rings is 1. The first-order chi connectivity index (χ1) is 9.29. The molecule has 3 heterocycles. The number of hydrogen-bond acceptors (Lipinski definition) is 4. The first-order valence-electron chi connectivity index (χ1n) is 6.35. The van der Waals surface area contributed by atoms with Gasteiger partial charge in [-0.3, -0.25) is 0 Å². The van der Waals surface area contributed by atoms with Crippen molar-refractivity contribution in [1.82, 2.24) is 4.98 Å². The summed E-state index contributed by atoms with van der Waals surface area (Å²) >= 11 is 1.81. The Morgan fingerprint density at radius 3 is 3.00 bits per heavy atom. The molecule has 0 saturated heterocycles. The van der Waals surface area contributed by atoms with Crippen LogP contribution >= 0.6 is 11.3 Å². The summed E-state index contributed by atoms with van der Waals surface area (Å²) in [4.78, 5) is 5.77. The number of aryl methyl sites for hydroxylation is 2. The molecular weight excluding hydrogens is 494 g/mol. The van der Waals surface area contributed by atoms with Crippen LogP contribution in [0.5, 0.6) is 0 Å². The number of aromatic nitrogens is 1. The molecule has 0 spiro atoms. The fourth-order valence-corrected chi connectivity index (χ4v) is 3.34. The van der Waals surface area contributed by atoms with Gasteiger partial charge in [0.15, 0.2) is 0 Å². The summed E-state index contributed by atoms with van der Waals surface area (Å²) in [6.07, 6.45) is 5.71. The topological polar surface area (TPSA) is 38.1 Å². The third kappa shape index (κ3) is 2.95. The average Bonchev–Trinajstić information content (AvgIpc) is 3.05. The van der Waals surface area contributed by atoms with E-state index in [2.05, 4.69) is 30.3 Å². The standard InChI is InChI=1S/C15H15N2OS.U/c1-3-13-10(2)14-15(19-13)12(6-7-16-14)17-9-11-5-4-8-18-11;/h4-6,8H,3,9H2,1-2H3,(H,16,17);/q-1;. The fraction of sp³-hybridized carbons (Fsp3) is 0.267. The molecule has 0 aromatic carbocycles. The minimum atomic E-state index is 0. The molecule has 3 aromatic rings. The summed E-state index contributed by atoms with van der Waals surface area (Å²) in [7, 11) is 0. The van der Waals surface area contributed by atoms with E-state index < -0.39 is 0 Å². The molecule has 0 fully saturated rings. The molecule has 3 aromatic heterocycles. The Morgan fingerprint density at radius 2 is 2.30 bits per heavy atom. The summed E-state index contributed by atoms with van der Waals surface area (Å²) in [6.45, 7) is 4.99. The Labute approximate surface area is 146 Å². The summed E-state index contributed by atoms with van der Waals surface area (Å²) in [5.74, 6) is 0.925. The Kier molecular flexibility index (Phi) is 5.31. The van der Waals surface area contributed by atoms with Crippen molar-refractivity contribution in [3.63, 3.8) is 0 Å². The van der Waals surface area contributed by atoms with Gasteiger partial charge in [-0.05, 0) is 40.6 Å². The number of rotatable bonds is 4. The predicted octanol–water partition coefficient (Wildman–Crippen LogP) is 4.17. The molecule has 0 atom stereocenters. The van der Waals surface area contributed by atoms with E-state index >= 15 is 0 Å². The Hall–Kier alpha value is -0.758. The number of fused-ring (bicyclic) bond motifs is 1. The number of hydrogen-bond donors (Lipinski definition) is 1. The molecule has 0 aliphatic carbocycles. The van der Waals surface area contributed by atoms with Crippen LogP contribution in [0.1, 0.15) is 23.1 Å². The Morgan fingerprint density at radius 1 is 1.45 bits per heavy atom. The molecule has 102 valence electrons. The van der Waals surface area contributed by atoms with Crippen LogP contribution in [-0.2, 0) is 13.0 Å². The Balaban J connectivity index is 0.00000147. The zero-order valence-corrected chi connectivity index (χ0v) is 16.5. The maximum Gasteiger partial charge on any atom is 0.121 e. The third-order valence-electron chi connectivity index (χ3n) is 3.20. The van der Waals surface area contributed by atoms with Gasteiger partial charge in [0.1, 0.15) is 5.76 Å². The summed E-state index contributed by atoms with van der Waals surface area (Å²) in [6, 6.07) is 5.77. The van der Waals surface area contributed by atoms with Gasteiger partial charge in [0.25, 0.3) is 0 Å². The number of furan rings is 1. The van der Waals surface area contributed by atoms with Gasteiger partial charge in [-0.2, -0.15) is 11.3 Å². The van der Waals surface area contributed by atoms with Gasteiger partial charge in [-0.15, -0.1) is 6.07 Å². The minimum Gasteiger partial charge on any atom is -0.468 e. The van der Waals surface area contributed by atoms with E-state index in [9.17, 15) is 0 Å². The number of thiophene rings is 1. The molecular formula is C15H15N2OSU-. The molecule has 0 radical (unpaired) electrons. The van der Waals surface area contributed by atoms with E-state index in [-0.39, 0.29) is 31.1 Å². The van der Waals surface area contributed by atoms with Gasteiger partial charge in [-0.25, -0.2) is 0 Å². The van der Waals surface area contributed by atoms with E-state index in [0.717, 1.165) is 23.4 Å². The summed E-state index contributed by atoms with van der Waals surface area (Å²) in [5.41, 5.74) is 3.42. The van der Waals surface area contributed by atoms with Crippen molar-refractivity contribution in [3.05, 3.63) is 46.9 Å². The van der Waals surface area contributed by atoms with Crippen molar-refractivity contribution in [3.8, 4) is 0 Å². The second-order valence-electron chi connectivity index (χ2n) is 4.41. The van der Waals surface area contributed by atoms with Crippen molar-refractivity contribution in [2.75, 3.05) is 5.32 Å². The van der Waals surface area contributed by atoms with Crippen molar-refractivity contribution in [2.24, 2.45) is 0 Å². The number of nitrogens with one attached hydrogen (secondary N) is 1. The Bertz CT molecular complexity index is 691. The second kappa shape index (κ2) is 6.80. The first-order valence-corrected chi connectivity index (χ1v) is 7.16. The predicted molar refractivity (Wildman–Crippen MR) is 78.6 cm³/mol. The monoisotopic (exact) mass is 509 g/mol. The van der Waals surface area contributed by atoms with Crippen LogP contribution in [0.3, 0.4) is 0 Å². The second-order valence-corrected chi connectivity index (χ2v) is 5.52. The zero-order chi connectivity index (χ0) is 13.2. The van der Waals surface area contributed by atoms with E-state index in [4.69, 9.17) is 4.42 Å². The van der Waals surface area contributed by atoms with E-state index in [1.165, 1.54) is 15.1 Å². The van der Waals surface area contributed by atoms with Crippen LogP contribution < -0.4 is 5.32 Å². The third-order valence-corrected chi connectivity index (χ3v) is 4.66. The van der Waals surface area contributed by atoms with Crippen LogP contribution in [0.25, 0.3) is 10.2 Å². The average molecular weight is 509 g/mol. The largest absolute Gasteiger partial charge is 0.468 e. The van der Waals surface area contributed by atoms with Gasteiger partial charge in [0.2, 0.25) is 0 Å². The molecule has 5 heteroatoms. The van der Waals surface area contributed by atoms with Gasteiger partial charge < -0.3 is 14.7 Å². The van der Waals surface area contributed by atoms with Gasteiger partial charge in [0, 0.05) is 31.1 Å². The first kappa shape index (κ1) is 15.6. The normalized spacial score (nSPS) is 10.5. The molecule has 0 amide bonds. The molecule has 0 aliphatic rings. The SMILES string of the molecule is CCc1sc2c(NCc3ccco3)c[c-]nc2c1C.[U]. The van der Waals surface area contributed by atoms with Crippen LogP contribution in [0, 0.1) is 44.2 Å². The molecule has 1 N–H and O–H groups in total. The molecule has 0 bridgehead atoms. The van der Waals surface area contributed by atoms with Crippen LogP contribution in [0.2, 0.25) is 0 Å². The van der Waals surface area contributed by atoms with Gasteiger partial charge in [0.05, 0.1) is 12.8 Å². The minimum absolute atomic E-state index is 0. The maximum atomic E-state index is 5.33. The van der Waals surface area contributed by atoms with Crippen LogP contribution in [0.4, 0.5) is 5.69 Å². The van der Waals surface area contributed by atoms with Gasteiger partial charge >= 0.3 is 0 Å². The zero-order valence-electron chi connectivity index (χ0n) is 11.5. The number of nitrogens with zero attached hydrogens (tertiary/aromatic N) is 1. The fourth-order valence-electron chi connectivity index (χ4n) is 2.16. The quantitative estimate of drug-likeness (QED) is 0.537. The molecule has 20 heavy (non-hydrogen) atoms. The smallest absolute Gasteiger partial charge is 0.121 e. The van der Waals surface area contributed by atoms with E-state index in [1.807, 2.05) is 29.5 Å². The van der Waals surface area contributed by atoms with Crippen LogP contribution in [-0.4, -0.2) is 4.98 Å². The molecule has 3 rings (SSSR count). The van der Waals surface area contributed by atoms with Crippen molar-refractivity contribution in [1.29, 1.82) is 0 Å².